The van der Waals surface area contributed by atoms with Crippen molar-refractivity contribution < 1.29 is 18.3 Å². The molecule has 2 rings (SSSR count). The molecule has 6 nitrogen and oxygen atoms in total. The van der Waals surface area contributed by atoms with Gasteiger partial charge in [0.2, 0.25) is 10.0 Å². The first-order valence-electron chi connectivity index (χ1n) is 7.01. The molecule has 1 aromatic carbocycles. The predicted octanol–water partition coefficient (Wildman–Crippen LogP) is 1.79. The molecule has 21 heavy (non-hydrogen) atoms. The number of carbonyl (C=O) groups is 1. The topological polar surface area (TPSA) is 95.5 Å². The zero-order valence-corrected chi connectivity index (χ0v) is 12.7. The van der Waals surface area contributed by atoms with E-state index < -0.39 is 21.5 Å². The van der Waals surface area contributed by atoms with Crippen molar-refractivity contribution in [2.75, 3.05) is 11.9 Å². The molecule has 0 saturated heterocycles. The first-order chi connectivity index (χ1) is 9.91. The molecule has 7 heteroatoms. The van der Waals surface area contributed by atoms with Gasteiger partial charge in [0, 0.05) is 6.54 Å². The summed E-state index contributed by atoms with van der Waals surface area (Å²) in [4.78, 5) is 11.5. The summed E-state index contributed by atoms with van der Waals surface area (Å²) >= 11 is 0. The molecule has 1 aliphatic rings. The van der Waals surface area contributed by atoms with Gasteiger partial charge in [0.25, 0.3) is 0 Å². The summed E-state index contributed by atoms with van der Waals surface area (Å²) in [6.07, 6.45) is 2.51. The summed E-state index contributed by atoms with van der Waals surface area (Å²) in [5.41, 5.74) is -0.709. The first kappa shape index (κ1) is 15.8. The number of benzene rings is 1. The normalized spacial score (nSPS) is 17.0. The van der Waals surface area contributed by atoms with E-state index in [9.17, 15) is 18.3 Å². The van der Waals surface area contributed by atoms with Crippen LogP contribution in [0, 0.1) is 0 Å². The SMILES string of the molecule is CCCNS(=O)(=O)c1ccccc1NC1(C(=O)O)CCC1. The maximum atomic E-state index is 12.3. The molecule has 0 aromatic heterocycles. The highest BCUT2D eigenvalue weighted by atomic mass is 32.2. The van der Waals surface area contributed by atoms with E-state index in [1.54, 1.807) is 18.2 Å². The maximum absolute atomic E-state index is 12.3. The molecule has 1 aromatic rings. The lowest BCUT2D eigenvalue weighted by atomic mass is 9.76. The lowest BCUT2D eigenvalue weighted by Gasteiger charge is -2.39. The fraction of sp³-hybridized carbons (Fsp3) is 0.500. The standard InChI is InChI=1S/C14H20N2O4S/c1-2-10-15-21(19,20)12-7-4-3-6-11(12)16-14(13(17)18)8-5-9-14/h3-4,6-7,15-16H,2,5,8-10H2,1H3,(H,17,18). The number of para-hydroxylation sites is 1. The van der Waals surface area contributed by atoms with Gasteiger partial charge < -0.3 is 10.4 Å². The van der Waals surface area contributed by atoms with Crippen LogP contribution in [0.2, 0.25) is 0 Å². The zero-order valence-electron chi connectivity index (χ0n) is 11.9. The number of sulfonamides is 1. The van der Waals surface area contributed by atoms with E-state index in [1.807, 2.05) is 6.92 Å². The van der Waals surface area contributed by atoms with E-state index in [0.717, 1.165) is 6.42 Å². The highest BCUT2D eigenvalue weighted by molar-refractivity contribution is 7.89. The van der Waals surface area contributed by atoms with Gasteiger partial charge in [-0.15, -0.1) is 0 Å². The van der Waals surface area contributed by atoms with Crippen LogP contribution in [0.3, 0.4) is 0 Å². The second-order valence-electron chi connectivity index (χ2n) is 5.26. The van der Waals surface area contributed by atoms with Gasteiger partial charge in [-0.1, -0.05) is 19.1 Å². The highest BCUT2D eigenvalue weighted by Gasteiger charge is 2.45. The fourth-order valence-corrected chi connectivity index (χ4v) is 3.59. The molecule has 0 unspecified atom stereocenters. The predicted molar refractivity (Wildman–Crippen MR) is 79.8 cm³/mol. The van der Waals surface area contributed by atoms with Crippen LogP contribution >= 0.6 is 0 Å². The van der Waals surface area contributed by atoms with Gasteiger partial charge in [-0.3, -0.25) is 0 Å². The number of anilines is 1. The van der Waals surface area contributed by atoms with E-state index in [0.29, 0.717) is 31.5 Å². The summed E-state index contributed by atoms with van der Waals surface area (Å²) in [5, 5.41) is 12.3. The largest absolute Gasteiger partial charge is 0.480 e. The van der Waals surface area contributed by atoms with Crippen LogP contribution in [0.15, 0.2) is 29.2 Å². The van der Waals surface area contributed by atoms with Crippen LogP contribution in [0.1, 0.15) is 32.6 Å². The number of aliphatic carboxylic acids is 1. The summed E-state index contributed by atoms with van der Waals surface area (Å²) < 4.78 is 27.1. The van der Waals surface area contributed by atoms with Gasteiger partial charge >= 0.3 is 5.97 Å². The molecule has 3 N–H and O–H groups in total. The van der Waals surface area contributed by atoms with Crippen LogP contribution in [-0.4, -0.2) is 31.6 Å². The van der Waals surface area contributed by atoms with Crippen LogP contribution in [0.4, 0.5) is 5.69 Å². The third kappa shape index (κ3) is 3.19. The Hall–Kier alpha value is -1.60. The van der Waals surface area contributed by atoms with Gasteiger partial charge in [0.1, 0.15) is 10.4 Å². The van der Waals surface area contributed by atoms with E-state index in [4.69, 9.17) is 0 Å². The Morgan fingerprint density at radius 3 is 2.52 bits per heavy atom. The second-order valence-corrected chi connectivity index (χ2v) is 7.00. The Kier molecular flexibility index (Phi) is 4.53. The Labute approximate surface area is 124 Å². The van der Waals surface area contributed by atoms with Crippen LogP contribution < -0.4 is 10.0 Å². The number of nitrogens with one attached hydrogen (secondary N) is 2. The lowest BCUT2D eigenvalue weighted by molar-refractivity contribution is -0.145. The van der Waals surface area contributed by atoms with Crippen LogP contribution in [-0.2, 0) is 14.8 Å². The number of hydrogen-bond donors (Lipinski definition) is 3. The molecule has 0 radical (unpaired) electrons. The molecule has 1 aliphatic carbocycles. The van der Waals surface area contributed by atoms with Crippen LogP contribution in [0.5, 0.6) is 0 Å². The smallest absolute Gasteiger partial charge is 0.329 e. The minimum Gasteiger partial charge on any atom is -0.480 e. The van der Waals surface area contributed by atoms with Gasteiger partial charge in [-0.2, -0.15) is 0 Å². The van der Waals surface area contributed by atoms with Crippen molar-refractivity contribution in [2.24, 2.45) is 0 Å². The lowest BCUT2D eigenvalue weighted by Crippen LogP contribution is -2.52. The summed E-state index contributed by atoms with van der Waals surface area (Å²) in [7, 11) is -3.64. The van der Waals surface area contributed by atoms with E-state index in [2.05, 4.69) is 10.0 Å². The van der Waals surface area contributed by atoms with Gasteiger partial charge in [0.05, 0.1) is 5.69 Å². The summed E-state index contributed by atoms with van der Waals surface area (Å²) in [6, 6.07) is 6.40. The Balaban J connectivity index is 2.31. The molecule has 0 atom stereocenters. The third-order valence-electron chi connectivity index (χ3n) is 3.71. The average molecular weight is 312 g/mol. The minimum atomic E-state index is -3.64. The van der Waals surface area contributed by atoms with Gasteiger partial charge in [0.15, 0.2) is 0 Å². The van der Waals surface area contributed by atoms with Gasteiger partial charge in [-0.25, -0.2) is 17.9 Å². The Morgan fingerprint density at radius 1 is 1.33 bits per heavy atom. The molecule has 116 valence electrons. The van der Waals surface area contributed by atoms with Crippen molar-refractivity contribution >= 4 is 21.7 Å². The van der Waals surface area contributed by atoms with Crippen molar-refractivity contribution in [3.05, 3.63) is 24.3 Å². The molecular weight excluding hydrogens is 292 g/mol. The van der Waals surface area contributed by atoms with Crippen LogP contribution in [0.25, 0.3) is 0 Å². The number of rotatable bonds is 7. The molecule has 0 aliphatic heterocycles. The monoisotopic (exact) mass is 312 g/mol. The van der Waals surface area contributed by atoms with Crippen molar-refractivity contribution in [3.63, 3.8) is 0 Å². The summed E-state index contributed by atoms with van der Waals surface area (Å²) in [5.74, 6) is -0.942. The first-order valence-corrected chi connectivity index (χ1v) is 8.50. The van der Waals surface area contributed by atoms with E-state index in [1.165, 1.54) is 6.07 Å². The maximum Gasteiger partial charge on any atom is 0.329 e. The Morgan fingerprint density at radius 2 is 2.00 bits per heavy atom. The molecule has 1 fully saturated rings. The fourth-order valence-electron chi connectivity index (χ4n) is 2.30. The number of carboxylic acids is 1. The van der Waals surface area contributed by atoms with Gasteiger partial charge in [-0.05, 0) is 37.8 Å². The molecular formula is C14H20N2O4S. The van der Waals surface area contributed by atoms with Crippen molar-refractivity contribution in [3.8, 4) is 0 Å². The molecule has 0 amide bonds. The van der Waals surface area contributed by atoms with E-state index in [-0.39, 0.29) is 4.90 Å². The van der Waals surface area contributed by atoms with Crippen molar-refractivity contribution in [1.82, 2.24) is 4.72 Å². The Bertz CT molecular complexity index is 624. The van der Waals surface area contributed by atoms with Crippen molar-refractivity contribution in [2.45, 2.75) is 43.0 Å². The number of hydrogen-bond acceptors (Lipinski definition) is 4. The van der Waals surface area contributed by atoms with Crippen molar-refractivity contribution in [1.29, 1.82) is 0 Å². The molecule has 0 spiro atoms. The minimum absolute atomic E-state index is 0.0889. The highest BCUT2D eigenvalue weighted by Crippen LogP contribution is 2.37. The average Bonchev–Trinajstić information content (AvgIpc) is 2.40. The molecule has 0 bridgehead atoms. The molecule has 1 saturated carbocycles. The number of carboxylic acid groups (broad SMARTS) is 1. The second kappa shape index (κ2) is 6.03. The molecule has 0 heterocycles. The quantitative estimate of drug-likeness (QED) is 0.713. The summed E-state index contributed by atoms with van der Waals surface area (Å²) in [6.45, 7) is 2.22. The third-order valence-corrected chi connectivity index (χ3v) is 5.23. The zero-order chi connectivity index (χ0) is 15.5. The van der Waals surface area contributed by atoms with E-state index >= 15 is 0 Å².